The second kappa shape index (κ2) is 20.9. The molecule has 0 saturated carbocycles. The lowest BCUT2D eigenvalue weighted by Gasteiger charge is -2.31. The second-order valence-electron chi connectivity index (χ2n) is 12.8. The first kappa shape index (κ1) is 40.0. The number of carbonyl (C=O) groups excluding carboxylic acids is 2. The molecule has 9 nitrogen and oxygen atoms in total. The number of ether oxygens (including phenoxy) is 2. The lowest BCUT2D eigenvalue weighted by atomic mass is 9.82. The van der Waals surface area contributed by atoms with Crippen LogP contribution in [-0.2, 0) is 23.9 Å². The van der Waals surface area contributed by atoms with E-state index in [1.54, 1.807) is 43.4 Å². The maximum atomic E-state index is 12.8. The Morgan fingerprint density at radius 3 is 2.31 bits per heavy atom. The molecule has 1 aliphatic rings. The number of aliphatic hydroxyl groups excluding tert-OH is 3. The fourth-order valence-electron chi connectivity index (χ4n) is 5.55. The van der Waals surface area contributed by atoms with Gasteiger partial charge in [0.05, 0.1) is 31.2 Å². The van der Waals surface area contributed by atoms with Gasteiger partial charge in [0.2, 0.25) is 0 Å². The van der Waals surface area contributed by atoms with Gasteiger partial charge in [0.25, 0.3) is 0 Å². The van der Waals surface area contributed by atoms with E-state index in [4.69, 9.17) is 14.6 Å². The average Bonchev–Trinajstić information content (AvgIpc) is 2.99. The minimum absolute atomic E-state index is 0.0555. The molecule has 0 aromatic carbocycles. The Kier molecular flexibility index (Phi) is 18.6. The predicted molar refractivity (Wildman–Crippen MR) is 175 cm³/mol. The zero-order chi connectivity index (χ0) is 34.1. The van der Waals surface area contributed by atoms with Crippen molar-refractivity contribution in [3.63, 3.8) is 0 Å². The molecule has 0 aromatic heterocycles. The fraction of sp³-hybridized carbons (Fsp3) is 0.639. The highest BCUT2D eigenvalue weighted by Gasteiger charge is 2.31. The highest BCUT2D eigenvalue weighted by atomic mass is 16.5. The zero-order valence-corrected chi connectivity index (χ0v) is 27.8. The van der Waals surface area contributed by atoms with E-state index in [0.717, 1.165) is 12.8 Å². The van der Waals surface area contributed by atoms with E-state index >= 15 is 0 Å². The largest absolute Gasteiger partial charge is 0.481 e. The van der Waals surface area contributed by atoms with Gasteiger partial charge in [0, 0.05) is 36.2 Å². The molecule has 1 heterocycles. The van der Waals surface area contributed by atoms with Crippen molar-refractivity contribution in [1.82, 2.24) is 0 Å². The fourth-order valence-corrected chi connectivity index (χ4v) is 5.55. The van der Waals surface area contributed by atoms with Crippen molar-refractivity contribution in [2.75, 3.05) is 0 Å². The number of aliphatic carboxylic acids is 1. The minimum atomic E-state index is -1.11. The van der Waals surface area contributed by atoms with E-state index in [-0.39, 0.29) is 54.8 Å². The summed E-state index contributed by atoms with van der Waals surface area (Å²) >= 11 is 0. The van der Waals surface area contributed by atoms with Crippen molar-refractivity contribution in [3.8, 4) is 0 Å². The van der Waals surface area contributed by atoms with E-state index in [9.17, 15) is 29.7 Å². The molecule has 0 spiro atoms. The molecular weight excluding hydrogens is 576 g/mol. The number of cyclic esters (lactones) is 1. The first-order chi connectivity index (χ1) is 21.2. The summed E-state index contributed by atoms with van der Waals surface area (Å²) < 4.78 is 11.3. The molecule has 1 aliphatic heterocycles. The van der Waals surface area contributed by atoms with Crippen LogP contribution < -0.4 is 0 Å². The molecule has 11 atom stereocenters. The van der Waals surface area contributed by atoms with Crippen LogP contribution in [0.15, 0.2) is 61.3 Å². The van der Waals surface area contributed by atoms with Gasteiger partial charge < -0.3 is 29.9 Å². The van der Waals surface area contributed by atoms with Crippen LogP contribution in [0.4, 0.5) is 0 Å². The molecule has 0 fully saturated rings. The SMILES string of the molecule is C=C/C=C\[C@H](C)[C@@H]1OC(=O)/C=C\C=C\[C@@H](C)[C@@H](O)C[C@H](OC(=O)CCC(=O)O)/C=C\[C@H](C)[C@H](O)[C@@H](C)C[C@@H](C)CC[C@@H](O)[C@@H]1C. The Hall–Kier alpha value is -3.01. The van der Waals surface area contributed by atoms with E-state index in [1.165, 1.54) is 12.2 Å². The van der Waals surface area contributed by atoms with Gasteiger partial charge >= 0.3 is 17.9 Å². The molecule has 0 aliphatic carbocycles. The van der Waals surface area contributed by atoms with Crippen molar-refractivity contribution >= 4 is 17.9 Å². The molecule has 1 rings (SSSR count). The molecule has 0 bridgehead atoms. The van der Waals surface area contributed by atoms with E-state index in [1.807, 2.05) is 33.8 Å². The maximum absolute atomic E-state index is 12.8. The number of hydrogen-bond acceptors (Lipinski definition) is 8. The Morgan fingerprint density at radius 1 is 0.978 bits per heavy atom. The molecule has 0 unspecified atom stereocenters. The lowest BCUT2D eigenvalue weighted by Crippen LogP contribution is -2.37. The Morgan fingerprint density at radius 2 is 1.67 bits per heavy atom. The Labute approximate surface area is 269 Å². The van der Waals surface area contributed by atoms with Gasteiger partial charge in [-0.25, -0.2) is 4.79 Å². The highest BCUT2D eigenvalue weighted by Crippen LogP contribution is 2.28. The number of carbonyl (C=O) groups is 3. The Bertz CT molecular complexity index is 1050. The third kappa shape index (κ3) is 15.7. The summed E-state index contributed by atoms with van der Waals surface area (Å²) in [6.45, 7) is 15.2. The quantitative estimate of drug-likeness (QED) is 0.161. The van der Waals surface area contributed by atoms with Crippen LogP contribution in [0, 0.1) is 35.5 Å². The van der Waals surface area contributed by atoms with Crippen LogP contribution in [0.25, 0.3) is 0 Å². The summed E-state index contributed by atoms with van der Waals surface area (Å²) in [7, 11) is 0. The summed E-state index contributed by atoms with van der Waals surface area (Å²) in [5.41, 5.74) is 0. The monoisotopic (exact) mass is 632 g/mol. The standard InChI is InChI=1S/C36H56O9/c1-8-9-12-26(5)36-28(7)30(37)18-15-23(2)21-27(6)35(43)25(4)16-17-29(44-34(42)20-19-32(39)40)22-31(38)24(3)13-10-11-14-33(41)45-36/h8-14,16-17,23-31,35-38,43H,1,15,18-22H2,2-7H3,(H,39,40)/b12-9-,13-10+,14-11-,17-16-/t23-,24+,25-,26-,27-,28-,29+,30+,31-,35-,36-/m0/s1. The first-order valence-corrected chi connectivity index (χ1v) is 16.1. The van der Waals surface area contributed by atoms with Crippen LogP contribution in [0.5, 0.6) is 0 Å². The maximum Gasteiger partial charge on any atom is 0.331 e. The predicted octanol–water partition coefficient (Wildman–Crippen LogP) is 5.56. The van der Waals surface area contributed by atoms with Gasteiger partial charge in [-0.2, -0.15) is 0 Å². The smallest absolute Gasteiger partial charge is 0.331 e. The molecule has 0 saturated heterocycles. The van der Waals surface area contributed by atoms with Crippen molar-refractivity contribution in [2.45, 2.75) is 111 Å². The summed E-state index contributed by atoms with van der Waals surface area (Å²) in [5, 5.41) is 42.0. The number of esters is 2. The topological polar surface area (TPSA) is 151 Å². The van der Waals surface area contributed by atoms with Crippen LogP contribution in [0.1, 0.15) is 80.1 Å². The molecular formula is C36H56O9. The van der Waals surface area contributed by atoms with Gasteiger partial charge in [-0.3, -0.25) is 9.59 Å². The average molecular weight is 633 g/mol. The van der Waals surface area contributed by atoms with E-state index < -0.39 is 48.4 Å². The molecule has 9 heteroatoms. The summed E-state index contributed by atoms with van der Waals surface area (Å²) in [5.74, 6) is -3.38. The van der Waals surface area contributed by atoms with Crippen molar-refractivity contribution in [1.29, 1.82) is 0 Å². The van der Waals surface area contributed by atoms with Gasteiger partial charge in [-0.05, 0) is 37.2 Å². The number of carboxylic acids is 1. The third-order valence-electron chi connectivity index (χ3n) is 8.59. The number of allylic oxidation sites excluding steroid dienone is 4. The van der Waals surface area contributed by atoms with Gasteiger partial charge in [-0.1, -0.05) is 90.7 Å². The minimum Gasteiger partial charge on any atom is -0.481 e. The van der Waals surface area contributed by atoms with Crippen molar-refractivity contribution in [2.24, 2.45) is 35.5 Å². The van der Waals surface area contributed by atoms with E-state index in [0.29, 0.717) is 6.42 Å². The molecule has 254 valence electrons. The zero-order valence-electron chi connectivity index (χ0n) is 27.8. The van der Waals surface area contributed by atoms with Gasteiger partial charge in [0.15, 0.2) is 0 Å². The number of aliphatic hydroxyl groups is 3. The molecule has 0 radical (unpaired) electrons. The highest BCUT2D eigenvalue weighted by molar-refractivity contribution is 5.82. The van der Waals surface area contributed by atoms with Crippen molar-refractivity contribution < 1.29 is 44.3 Å². The van der Waals surface area contributed by atoms with Crippen LogP contribution >= 0.6 is 0 Å². The molecule has 0 amide bonds. The van der Waals surface area contributed by atoms with Crippen LogP contribution in [0.3, 0.4) is 0 Å². The van der Waals surface area contributed by atoms with Gasteiger partial charge in [0.1, 0.15) is 12.2 Å². The second-order valence-corrected chi connectivity index (χ2v) is 12.8. The summed E-state index contributed by atoms with van der Waals surface area (Å²) in [4.78, 5) is 36.0. The summed E-state index contributed by atoms with van der Waals surface area (Å²) in [6, 6.07) is 0. The number of carboxylic acid groups (broad SMARTS) is 1. The molecule has 0 aromatic rings. The molecule has 4 N–H and O–H groups in total. The van der Waals surface area contributed by atoms with Crippen LogP contribution in [-0.4, -0.2) is 68.9 Å². The van der Waals surface area contributed by atoms with E-state index in [2.05, 4.69) is 13.5 Å². The first-order valence-electron chi connectivity index (χ1n) is 16.1. The van der Waals surface area contributed by atoms with Crippen molar-refractivity contribution in [3.05, 3.63) is 61.3 Å². The third-order valence-corrected chi connectivity index (χ3v) is 8.59. The number of hydrogen-bond donors (Lipinski definition) is 4. The van der Waals surface area contributed by atoms with Gasteiger partial charge in [-0.15, -0.1) is 0 Å². The Balaban J connectivity index is 3.30. The normalized spacial score (nSPS) is 36.0. The lowest BCUT2D eigenvalue weighted by molar-refractivity contribution is -0.151. The summed E-state index contributed by atoms with van der Waals surface area (Å²) in [6.07, 6.45) is 12.5. The molecule has 45 heavy (non-hydrogen) atoms. The van der Waals surface area contributed by atoms with Crippen LogP contribution in [0.2, 0.25) is 0 Å². The number of rotatable bonds is 7.